The summed E-state index contributed by atoms with van der Waals surface area (Å²) in [4.78, 5) is 0. The molecule has 1 unspecified atom stereocenters. The zero-order chi connectivity index (χ0) is 9.26. The molecule has 0 bridgehead atoms. The van der Waals surface area contributed by atoms with Crippen LogP contribution in [0.4, 0.5) is 5.69 Å². The third-order valence-electron chi connectivity index (χ3n) is 2.95. The van der Waals surface area contributed by atoms with Crippen molar-refractivity contribution in [3.05, 3.63) is 29.3 Å². The summed E-state index contributed by atoms with van der Waals surface area (Å²) in [6, 6.07) is 6.73. The first-order valence-electron chi connectivity index (χ1n) is 5.15. The maximum absolute atomic E-state index is 3.45. The average molecular weight is 175 g/mol. The molecule has 0 saturated heterocycles. The van der Waals surface area contributed by atoms with Gasteiger partial charge in [-0.3, -0.25) is 0 Å². The van der Waals surface area contributed by atoms with Crippen molar-refractivity contribution in [3.63, 3.8) is 0 Å². The Morgan fingerprint density at radius 1 is 1.46 bits per heavy atom. The van der Waals surface area contributed by atoms with Crippen LogP contribution in [0.3, 0.4) is 0 Å². The highest BCUT2D eigenvalue weighted by atomic mass is 14.9. The highest BCUT2D eigenvalue weighted by molar-refractivity contribution is 5.56. The first-order chi connectivity index (χ1) is 6.31. The van der Waals surface area contributed by atoms with E-state index < -0.39 is 0 Å². The minimum atomic E-state index is 0.774. The Hall–Kier alpha value is -0.980. The lowest BCUT2D eigenvalue weighted by Crippen LogP contribution is -2.16. The van der Waals surface area contributed by atoms with Crippen LogP contribution in [0.15, 0.2) is 18.2 Å². The minimum Gasteiger partial charge on any atom is -0.385 e. The van der Waals surface area contributed by atoms with Crippen LogP contribution in [-0.2, 0) is 0 Å². The zero-order valence-corrected chi connectivity index (χ0v) is 8.43. The standard InChI is InChI=1S/C12H17N/c1-3-10-6-7-13-12-5-4-9(2)8-11(10)12/h4-5,8,10,13H,3,6-7H2,1-2H3. The van der Waals surface area contributed by atoms with Gasteiger partial charge in [-0.1, -0.05) is 24.6 Å². The van der Waals surface area contributed by atoms with Crippen molar-refractivity contribution >= 4 is 5.69 Å². The average Bonchev–Trinajstić information content (AvgIpc) is 2.17. The normalized spacial score (nSPS) is 20.6. The molecule has 1 aromatic carbocycles. The number of anilines is 1. The highest BCUT2D eigenvalue weighted by Crippen LogP contribution is 2.33. The van der Waals surface area contributed by atoms with Crippen molar-refractivity contribution in [1.82, 2.24) is 0 Å². The molecule has 0 radical (unpaired) electrons. The molecule has 0 aromatic heterocycles. The monoisotopic (exact) mass is 175 g/mol. The molecule has 1 heteroatoms. The fourth-order valence-corrected chi connectivity index (χ4v) is 2.14. The van der Waals surface area contributed by atoms with Crippen molar-refractivity contribution in [2.24, 2.45) is 0 Å². The Morgan fingerprint density at radius 2 is 2.31 bits per heavy atom. The fraction of sp³-hybridized carbons (Fsp3) is 0.500. The van der Waals surface area contributed by atoms with Gasteiger partial charge in [-0.05, 0) is 37.3 Å². The maximum Gasteiger partial charge on any atom is 0.0375 e. The van der Waals surface area contributed by atoms with Crippen molar-refractivity contribution in [2.75, 3.05) is 11.9 Å². The molecule has 1 aliphatic rings. The fourth-order valence-electron chi connectivity index (χ4n) is 2.14. The smallest absolute Gasteiger partial charge is 0.0375 e. The van der Waals surface area contributed by atoms with E-state index in [2.05, 4.69) is 37.4 Å². The van der Waals surface area contributed by atoms with Gasteiger partial charge in [0.05, 0.1) is 0 Å². The Bertz CT molecular complexity index is 304. The number of aryl methyl sites for hydroxylation is 1. The number of benzene rings is 1. The molecule has 1 heterocycles. The third kappa shape index (κ3) is 1.55. The van der Waals surface area contributed by atoms with Crippen LogP contribution in [0.1, 0.15) is 36.8 Å². The number of fused-ring (bicyclic) bond motifs is 1. The summed E-state index contributed by atoms with van der Waals surface area (Å²) < 4.78 is 0. The van der Waals surface area contributed by atoms with Gasteiger partial charge in [0.2, 0.25) is 0 Å². The Kier molecular flexibility index (Phi) is 2.26. The Labute approximate surface area is 80.2 Å². The summed E-state index contributed by atoms with van der Waals surface area (Å²) in [6.07, 6.45) is 2.55. The second-order valence-electron chi connectivity index (χ2n) is 3.91. The second-order valence-corrected chi connectivity index (χ2v) is 3.91. The Balaban J connectivity index is 2.41. The summed E-state index contributed by atoms with van der Waals surface area (Å²) in [6.45, 7) is 5.58. The maximum atomic E-state index is 3.45. The minimum absolute atomic E-state index is 0.774. The van der Waals surface area contributed by atoms with E-state index in [1.165, 1.54) is 29.7 Å². The summed E-state index contributed by atoms with van der Waals surface area (Å²) in [5, 5.41) is 3.45. The first-order valence-corrected chi connectivity index (χ1v) is 5.15. The molecule has 1 atom stereocenters. The lowest BCUT2D eigenvalue weighted by Gasteiger charge is -2.26. The van der Waals surface area contributed by atoms with E-state index in [0.717, 1.165) is 12.5 Å². The highest BCUT2D eigenvalue weighted by Gasteiger charge is 2.17. The number of hydrogen-bond acceptors (Lipinski definition) is 1. The predicted octanol–water partition coefficient (Wildman–Crippen LogP) is 3.30. The van der Waals surface area contributed by atoms with Gasteiger partial charge in [-0.2, -0.15) is 0 Å². The van der Waals surface area contributed by atoms with Crippen LogP contribution >= 0.6 is 0 Å². The Morgan fingerprint density at radius 3 is 3.08 bits per heavy atom. The van der Waals surface area contributed by atoms with E-state index in [1.807, 2.05) is 0 Å². The third-order valence-corrected chi connectivity index (χ3v) is 2.95. The molecule has 0 spiro atoms. The van der Waals surface area contributed by atoms with Gasteiger partial charge in [0.25, 0.3) is 0 Å². The van der Waals surface area contributed by atoms with E-state index >= 15 is 0 Å². The van der Waals surface area contributed by atoms with Crippen molar-refractivity contribution in [1.29, 1.82) is 0 Å². The largest absolute Gasteiger partial charge is 0.385 e. The molecule has 1 nitrogen and oxygen atoms in total. The molecule has 0 fully saturated rings. The van der Waals surface area contributed by atoms with Gasteiger partial charge < -0.3 is 5.32 Å². The van der Waals surface area contributed by atoms with E-state index in [-0.39, 0.29) is 0 Å². The molecular weight excluding hydrogens is 158 g/mol. The van der Waals surface area contributed by atoms with E-state index in [1.54, 1.807) is 0 Å². The SMILES string of the molecule is CCC1CCNc2ccc(C)cc21. The quantitative estimate of drug-likeness (QED) is 0.690. The van der Waals surface area contributed by atoms with Gasteiger partial charge >= 0.3 is 0 Å². The van der Waals surface area contributed by atoms with Gasteiger partial charge in [-0.25, -0.2) is 0 Å². The van der Waals surface area contributed by atoms with Crippen molar-refractivity contribution in [3.8, 4) is 0 Å². The molecule has 1 aromatic rings. The van der Waals surface area contributed by atoms with Crippen LogP contribution < -0.4 is 5.32 Å². The summed E-state index contributed by atoms with van der Waals surface area (Å²) in [7, 11) is 0. The van der Waals surface area contributed by atoms with Crippen LogP contribution in [0.5, 0.6) is 0 Å². The lowest BCUT2D eigenvalue weighted by molar-refractivity contribution is 0.608. The molecule has 0 aliphatic carbocycles. The summed E-state index contributed by atoms with van der Waals surface area (Å²) in [5.41, 5.74) is 4.25. The first kappa shape index (κ1) is 8.61. The lowest BCUT2D eigenvalue weighted by atomic mass is 9.88. The van der Waals surface area contributed by atoms with Crippen LogP contribution in [0, 0.1) is 6.92 Å². The van der Waals surface area contributed by atoms with Gasteiger partial charge in [0.1, 0.15) is 0 Å². The number of rotatable bonds is 1. The predicted molar refractivity (Wildman–Crippen MR) is 57.3 cm³/mol. The van der Waals surface area contributed by atoms with Crippen molar-refractivity contribution in [2.45, 2.75) is 32.6 Å². The summed E-state index contributed by atoms with van der Waals surface area (Å²) in [5.74, 6) is 0.774. The molecule has 1 aliphatic heterocycles. The van der Waals surface area contributed by atoms with Crippen LogP contribution in [0.25, 0.3) is 0 Å². The summed E-state index contributed by atoms with van der Waals surface area (Å²) >= 11 is 0. The van der Waals surface area contributed by atoms with E-state index in [9.17, 15) is 0 Å². The molecular formula is C12H17N. The topological polar surface area (TPSA) is 12.0 Å². The van der Waals surface area contributed by atoms with Crippen LogP contribution in [0.2, 0.25) is 0 Å². The van der Waals surface area contributed by atoms with E-state index in [4.69, 9.17) is 0 Å². The molecule has 1 N–H and O–H groups in total. The molecule has 70 valence electrons. The molecule has 0 amide bonds. The van der Waals surface area contributed by atoms with Gasteiger partial charge in [0, 0.05) is 12.2 Å². The van der Waals surface area contributed by atoms with Crippen LogP contribution in [-0.4, -0.2) is 6.54 Å². The molecule has 2 rings (SSSR count). The molecule has 13 heavy (non-hydrogen) atoms. The van der Waals surface area contributed by atoms with Gasteiger partial charge in [-0.15, -0.1) is 0 Å². The van der Waals surface area contributed by atoms with Crippen molar-refractivity contribution < 1.29 is 0 Å². The zero-order valence-electron chi connectivity index (χ0n) is 8.43. The van der Waals surface area contributed by atoms with E-state index in [0.29, 0.717) is 0 Å². The molecule has 0 saturated carbocycles. The number of hydrogen-bond donors (Lipinski definition) is 1. The number of nitrogens with one attached hydrogen (secondary N) is 1. The second kappa shape index (κ2) is 3.41. The van der Waals surface area contributed by atoms with Gasteiger partial charge in [0.15, 0.2) is 0 Å².